The Bertz CT molecular complexity index is 1380. The summed E-state index contributed by atoms with van der Waals surface area (Å²) in [5.41, 5.74) is 3.50. The van der Waals surface area contributed by atoms with Crippen LogP contribution in [0.2, 0.25) is 5.02 Å². The van der Waals surface area contributed by atoms with E-state index in [0.717, 1.165) is 11.8 Å². The summed E-state index contributed by atoms with van der Waals surface area (Å²) in [6, 6.07) is 9.76. The molecule has 0 fully saturated rings. The molecule has 4 rings (SSSR count). The number of pyridine rings is 2. The van der Waals surface area contributed by atoms with Gasteiger partial charge in [-0.25, -0.2) is 14.4 Å². The Morgan fingerprint density at radius 3 is 2.79 bits per heavy atom. The van der Waals surface area contributed by atoms with Gasteiger partial charge in [-0.05, 0) is 61.0 Å². The second kappa shape index (κ2) is 9.54. The van der Waals surface area contributed by atoms with Crippen LogP contribution in [0.4, 0.5) is 10.2 Å². The first-order valence-electron chi connectivity index (χ1n) is 9.86. The molecular formula is C24H18ClFN6O. The lowest BCUT2D eigenvalue weighted by Gasteiger charge is -2.08. The molecule has 3 aromatic heterocycles. The van der Waals surface area contributed by atoms with Crippen molar-refractivity contribution in [3.05, 3.63) is 88.9 Å². The molecule has 0 aliphatic heterocycles. The number of H-pyrrole nitrogens is 1. The molecular weight excluding hydrogens is 443 g/mol. The van der Waals surface area contributed by atoms with E-state index in [4.69, 9.17) is 17.0 Å². The van der Waals surface area contributed by atoms with Gasteiger partial charge in [0.05, 0.1) is 22.0 Å². The summed E-state index contributed by atoms with van der Waals surface area (Å²) in [7, 11) is 0. The number of anilines is 1. The van der Waals surface area contributed by atoms with Gasteiger partial charge >= 0.3 is 0 Å². The molecule has 33 heavy (non-hydrogen) atoms. The van der Waals surface area contributed by atoms with Gasteiger partial charge in [-0.2, -0.15) is 0 Å². The highest BCUT2D eigenvalue weighted by Gasteiger charge is 2.16. The second-order valence-corrected chi connectivity index (χ2v) is 7.55. The number of rotatable bonds is 6. The number of carbonyl (C=O) groups is 1. The van der Waals surface area contributed by atoms with Gasteiger partial charge in [-0.15, -0.1) is 0 Å². The summed E-state index contributed by atoms with van der Waals surface area (Å²) < 4.78 is 13.8. The number of amides is 1. The quantitative estimate of drug-likeness (QED) is 0.328. The van der Waals surface area contributed by atoms with Crippen LogP contribution in [0.5, 0.6) is 0 Å². The van der Waals surface area contributed by atoms with Gasteiger partial charge < -0.3 is 15.7 Å². The molecule has 0 unspecified atom stereocenters. The summed E-state index contributed by atoms with van der Waals surface area (Å²) >= 11 is 5.92. The first-order chi connectivity index (χ1) is 15.9. The SMILES string of the molecule is Cc1cc(-c2nc(/C=C\C=N)[nH]c2-c2ccnc(NC(=O)c3cncc(Cl)c3)c2)ccc1F. The van der Waals surface area contributed by atoms with Gasteiger partial charge in [0.15, 0.2) is 0 Å². The van der Waals surface area contributed by atoms with Gasteiger partial charge in [0, 0.05) is 35.9 Å². The van der Waals surface area contributed by atoms with Gasteiger partial charge in [0.1, 0.15) is 17.5 Å². The van der Waals surface area contributed by atoms with Crippen LogP contribution in [0.1, 0.15) is 21.7 Å². The monoisotopic (exact) mass is 460 g/mol. The summed E-state index contributed by atoms with van der Waals surface area (Å²) in [6.45, 7) is 1.69. The predicted molar refractivity (Wildman–Crippen MR) is 127 cm³/mol. The van der Waals surface area contributed by atoms with E-state index in [-0.39, 0.29) is 5.82 Å². The number of hydrogen-bond acceptors (Lipinski definition) is 5. The first-order valence-corrected chi connectivity index (χ1v) is 10.2. The summed E-state index contributed by atoms with van der Waals surface area (Å²) in [6.07, 6.45) is 8.77. The minimum Gasteiger partial charge on any atom is -0.338 e. The standard InChI is InChI=1S/C24H18ClFN6O/c1-14-9-15(4-5-19(14)26)22-23(31-20(30-22)3-2-7-27)16-6-8-29-21(11-16)32-24(33)17-10-18(25)13-28-12-17/h2-13,27H,1H3,(H,30,31)(H,29,32,33)/b3-2-,27-7?. The van der Waals surface area contributed by atoms with E-state index >= 15 is 0 Å². The van der Waals surface area contributed by atoms with Crippen molar-refractivity contribution in [2.45, 2.75) is 6.92 Å². The number of benzene rings is 1. The van der Waals surface area contributed by atoms with Crippen molar-refractivity contribution in [2.75, 3.05) is 5.32 Å². The topological polar surface area (TPSA) is 107 Å². The Morgan fingerprint density at radius 2 is 2.03 bits per heavy atom. The Kier molecular flexibility index (Phi) is 6.37. The smallest absolute Gasteiger partial charge is 0.258 e. The minimum absolute atomic E-state index is 0.302. The maximum atomic E-state index is 13.8. The third-order valence-electron chi connectivity index (χ3n) is 4.76. The predicted octanol–water partition coefficient (Wildman–Crippen LogP) is 5.55. The zero-order chi connectivity index (χ0) is 23.4. The highest BCUT2D eigenvalue weighted by molar-refractivity contribution is 6.30. The fraction of sp³-hybridized carbons (Fsp3) is 0.0417. The van der Waals surface area contributed by atoms with Crippen LogP contribution in [-0.4, -0.2) is 32.1 Å². The number of imidazole rings is 1. The van der Waals surface area contributed by atoms with Gasteiger partial charge in [-0.1, -0.05) is 11.6 Å². The van der Waals surface area contributed by atoms with Crippen LogP contribution in [0.15, 0.2) is 61.1 Å². The Labute approximate surface area is 193 Å². The molecule has 0 aliphatic rings. The lowest BCUT2D eigenvalue weighted by molar-refractivity contribution is 0.102. The third-order valence-corrected chi connectivity index (χ3v) is 4.97. The Morgan fingerprint density at radius 1 is 1.18 bits per heavy atom. The average molecular weight is 461 g/mol. The molecule has 0 spiro atoms. The molecule has 0 aliphatic carbocycles. The fourth-order valence-electron chi connectivity index (χ4n) is 3.20. The lowest BCUT2D eigenvalue weighted by atomic mass is 10.0. The Balaban J connectivity index is 1.73. The van der Waals surface area contributed by atoms with Crippen molar-refractivity contribution in [3.8, 4) is 22.5 Å². The normalized spacial score (nSPS) is 11.0. The first kappa shape index (κ1) is 22.0. The molecule has 0 bridgehead atoms. The largest absolute Gasteiger partial charge is 0.338 e. The molecule has 4 aromatic rings. The van der Waals surface area contributed by atoms with Gasteiger partial charge in [0.25, 0.3) is 5.91 Å². The maximum absolute atomic E-state index is 13.8. The number of aromatic nitrogens is 4. The van der Waals surface area contributed by atoms with E-state index in [0.29, 0.717) is 44.7 Å². The van der Waals surface area contributed by atoms with E-state index in [9.17, 15) is 9.18 Å². The molecule has 0 radical (unpaired) electrons. The average Bonchev–Trinajstić information content (AvgIpc) is 3.24. The maximum Gasteiger partial charge on any atom is 0.258 e. The minimum atomic E-state index is -0.400. The highest BCUT2D eigenvalue weighted by atomic mass is 35.5. The molecule has 1 aromatic carbocycles. The van der Waals surface area contributed by atoms with E-state index < -0.39 is 5.91 Å². The number of carbonyl (C=O) groups excluding carboxylic acids is 1. The van der Waals surface area contributed by atoms with Crippen LogP contribution in [0.25, 0.3) is 28.6 Å². The molecule has 164 valence electrons. The number of nitrogens with zero attached hydrogens (tertiary/aromatic N) is 3. The summed E-state index contributed by atoms with van der Waals surface area (Å²) in [5, 5.41) is 10.3. The molecule has 9 heteroatoms. The number of hydrogen-bond donors (Lipinski definition) is 3. The zero-order valence-electron chi connectivity index (χ0n) is 17.4. The molecule has 0 saturated heterocycles. The molecule has 0 saturated carbocycles. The van der Waals surface area contributed by atoms with Crippen molar-refractivity contribution in [2.24, 2.45) is 0 Å². The number of allylic oxidation sites excluding steroid dienone is 1. The molecule has 3 heterocycles. The summed E-state index contributed by atoms with van der Waals surface area (Å²) in [5.74, 6) is 0.148. The van der Waals surface area contributed by atoms with Gasteiger partial charge in [-0.3, -0.25) is 9.78 Å². The number of aryl methyl sites for hydroxylation is 1. The van der Waals surface area contributed by atoms with Crippen LogP contribution >= 0.6 is 11.6 Å². The summed E-state index contributed by atoms with van der Waals surface area (Å²) in [4.78, 5) is 28.5. The molecule has 7 nitrogen and oxygen atoms in total. The molecule has 3 N–H and O–H groups in total. The number of aromatic amines is 1. The fourth-order valence-corrected chi connectivity index (χ4v) is 3.37. The van der Waals surface area contributed by atoms with Crippen molar-refractivity contribution in [1.29, 1.82) is 5.41 Å². The van der Waals surface area contributed by atoms with Crippen molar-refractivity contribution >= 4 is 35.6 Å². The van der Waals surface area contributed by atoms with E-state index in [1.165, 1.54) is 24.5 Å². The van der Waals surface area contributed by atoms with E-state index in [1.807, 2.05) is 0 Å². The lowest BCUT2D eigenvalue weighted by Crippen LogP contribution is -2.13. The number of nitrogens with one attached hydrogen (secondary N) is 3. The zero-order valence-corrected chi connectivity index (χ0v) is 18.2. The highest BCUT2D eigenvalue weighted by Crippen LogP contribution is 2.32. The van der Waals surface area contributed by atoms with Crippen LogP contribution < -0.4 is 5.32 Å². The van der Waals surface area contributed by atoms with Crippen molar-refractivity contribution < 1.29 is 9.18 Å². The number of halogens is 2. The van der Waals surface area contributed by atoms with Crippen LogP contribution in [-0.2, 0) is 0 Å². The second-order valence-electron chi connectivity index (χ2n) is 7.11. The van der Waals surface area contributed by atoms with E-state index in [1.54, 1.807) is 49.5 Å². The van der Waals surface area contributed by atoms with Gasteiger partial charge in [0.2, 0.25) is 0 Å². The molecule has 1 amide bonds. The third kappa shape index (κ3) is 5.02. The van der Waals surface area contributed by atoms with Crippen LogP contribution in [0.3, 0.4) is 0 Å². The Hall–Kier alpha value is -4.17. The van der Waals surface area contributed by atoms with Crippen molar-refractivity contribution in [1.82, 2.24) is 19.9 Å². The van der Waals surface area contributed by atoms with E-state index in [2.05, 4.69) is 25.3 Å². The van der Waals surface area contributed by atoms with Crippen molar-refractivity contribution in [3.63, 3.8) is 0 Å². The molecule has 0 atom stereocenters. The van der Waals surface area contributed by atoms with Crippen LogP contribution in [0, 0.1) is 18.2 Å².